The fourth-order valence-electron chi connectivity index (χ4n) is 1.07. The van der Waals surface area contributed by atoms with Gasteiger partial charge in [-0.25, -0.2) is 4.79 Å². The normalized spacial score (nSPS) is 12.6. The van der Waals surface area contributed by atoms with E-state index in [1.54, 1.807) is 6.20 Å². The van der Waals surface area contributed by atoms with E-state index in [0.29, 0.717) is 6.42 Å². The molecule has 0 aliphatic rings. The van der Waals surface area contributed by atoms with Crippen LogP contribution >= 0.6 is 0 Å². The van der Waals surface area contributed by atoms with Gasteiger partial charge in [-0.15, -0.1) is 5.10 Å². The summed E-state index contributed by atoms with van der Waals surface area (Å²) in [5.41, 5.74) is 0.780. The molecule has 78 valence electrons. The smallest absolute Gasteiger partial charge is 0.329 e. The molecular formula is C8H13N3O3. The third-order valence-corrected chi connectivity index (χ3v) is 1.80. The first-order chi connectivity index (χ1) is 6.72. The lowest BCUT2D eigenvalue weighted by molar-refractivity contribution is -0.144. The number of hydrogen-bond donors (Lipinski definition) is 2. The van der Waals surface area contributed by atoms with Crippen LogP contribution in [-0.4, -0.2) is 39.2 Å². The average molecular weight is 199 g/mol. The summed E-state index contributed by atoms with van der Waals surface area (Å²) in [6.07, 6.45) is 2.89. The number of rotatable bonds is 6. The van der Waals surface area contributed by atoms with E-state index < -0.39 is 5.97 Å². The van der Waals surface area contributed by atoms with E-state index in [1.807, 2.05) is 6.92 Å². The average Bonchev–Trinajstić information content (AvgIpc) is 2.64. The highest BCUT2D eigenvalue weighted by molar-refractivity contribution is 5.68. The molecule has 1 aromatic rings. The van der Waals surface area contributed by atoms with Gasteiger partial charge >= 0.3 is 5.97 Å². The van der Waals surface area contributed by atoms with Crippen molar-refractivity contribution in [3.05, 3.63) is 11.9 Å². The maximum Gasteiger partial charge on any atom is 0.329 e. The lowest BCUT2D eigenvalue weighted by Crippen LogP contribution is -2.19. The van der Waals surface area contributed by atoms with E-state index in [9.17, 15) is 4.79 Å². The third-order valence-electron chi connectivity index (χ3n) is 1.80. The van der Waals surface area contributed by atoms with Gasteiger partial charge in [-0.2, -0.15) is 0 Å². The highest BCUT2D eigenvalue weighted by Gasteiger charge is 2.11. The summed E-state index contributed by atoms with van der Waals surface area (Å²) in [5, 5.41) is 18.4. The predicted octanol–water partition coefficient (Wildman–Crippen LogP) is 0.227. The van der Waals surface area contributed by atoms with Crippen LogP contribution < -0.4 is 0 Å². The second-order valence-corrected chi connectivity index (χ2v) is 2.90. The van der Waals surface area contributed by atoms with E-state index >= 15 is 0 Å². The number of nitrogens with one attached hydrogen (secondary N) is 1. The molecule has 1 aromatic heterocycles. The lowest BCUT2D eigenvalue weighted by Gasteiger charge is -2.12. The molecule has 0 aliphatic heterocycles. The monoisotopic (exact) mass is 199 g/mol. The van der Waals surface area contributed by atoms with Crippen molar-refractivity contribution in [2.24, 2.45) is 0 Å². The van der Waals surface area contributed by atoms with E-state index in [-0.39, 0.29) is 12.7 Å². The van der Waals surface area contributed by atoms with Crippen molar-refractivity contribution in [2.75, 3.05) is 6.61 Å². The summed E-state index contributed by atoms with van der Waals surface area (Å²) in [6, 6.07) is 0. The van der Waals surface area contributed by atoms with Crippen LogP contribution in [0, 0.1) is 0 Å². The van der Waals surface area contributed by atoms with Crippen molar-refractivity contribution in [1.29, 1.82) is 0 Å². The Morgan fingerprint density at radius 2 is 2.57 bits per heavy atom. The van der Waals surface area contributed by atoms with Crippen LogP contribution in [0.5, 0.6) is 0 Å². The SMILES string of the molecule is CC[C@H](Cc1c[nH]nn1)OCC(=O)O. The Morgan fingerprint density at radius 3 is 3.07 bits per heavy atom. The van der Waals surface area contributed by atoms with Gasteiger partial charge in [0.15, 0.2) is 0 Å². The van der Waals surface area contributed by atoms with E-state index in [4.69, 9.17) is 9.84 Å². The molecule has 0 bridgehead atoms. The van der Waals surface area contributed by atoms with Gasteiger partial charge in [0, 0.05) is 12.6 Å². The maximum atomic E-state index is 10.3. The number of carbonyl (C=O) groups is 1. The van der Waals surface area contributed by atoms with Gasteiger partial charge < -0.3 is 9.84 Å². The minimum atomic E-state index is -0.955. The van der Waals surface area contributed by atoms with Crippen molar-refractivity contribution >= 4 is 5.97 Å². The molecule has 0 aromatic carbocycles. The zero-order valence-electron chi connectivity index (χ0n) is 7.93. The molecule has 0 spiro atoms. The van der Waals surface area contributed by atoms with Gasteiger partial charge in [-0.3, -0.25) is 5.10 Å². The summed E-state index contributed by atoms with van der Waals surface area (Å²) >= 11 is 0. The van der Waals surface area contributed by atoms with Gasteiger partial charge in [0.25, 0.3) is 0 Å². The zero-order valence-corrected chi connectivity index (χ0v) is 7.93. The van der Waals surface area contributed by atoms with E-state index in [0.717, 1.165) is 12.1 Å². The number of aliphatic carboxylic acids is 1. The first-order valence-electron chi connectivity index (χ1n) is 4.41. The standard InChI is InChI=1S/C8H13N3O3/c1-2-7(14-5-8(12)13)3-6-4-9-11-10-6/h4,7H,2-3,5H2,1H3,(H,12,13)(H,9,10,11)/t7-/m1/s1. The summed E-state index contributed by atoms with van der Waals surface area (Å²) in [6.45, 7) is 1.67. The van der Waals surface area contributed by atoms with Crippen molar-refractivity contribution in [3.8, 4) is 0 Å². The van der Waals surface area contributed by atoms with Gasteiger partial charge in [-0.05, 0) is 6.42 Å². The molecule has 0 aliphatic carbocycles. The molecule has 6 nitrogen and oxygen atoms in total. The molecular weight excluding hydrogens is 186 g/mol. The number of carboxylic acids is 1. The Bertz CT molecular complexity index is 273. The molecule has 0 unspecified atom stereocenters. The van der Waals surface area contributed by atoms with Gasteiger partial charge in [0.1, 0.15) is 6.61 Å². The minimum absolute atomic E-state index is 0.115. The first-order valence-corrected chi connectivity index (χ1v) is 4.41. The molecule has 0 fully saturated rings. The summed E-state index contributed by atoms with van der Waals surface area (Å²) in [4.78, 5) is 10.3. The Hall–Kier alpha value is -1.43. The summed E-state index contributed by atoms with van der Waals surface area (Å²) in [5.74, 6) is -0.955. The fraction of sp³-hybridized carbons (Fsp3) is 0.625. The maximum absolute atomic E-state index is 10.3. The number of aromatic amines is 1. The molecule has 2 N–H and O–H groups in total. The number of nitrogens with zero attached hydrogens (tertiary/aromatic N) is 2. The molecule has 0 radical (unpaired) electrons. The van der Waals surface area contributed by atoms with Crippen molar-refractivity contribution in [3.63, 3.8) is 0 Å². The van der Waals surface area contributed by atoms with Crippen LogP contribution in [0.1, 0.15) is 19.0 Å². The molecule has 6 heteroatoms. The van der Waals surface area contributed by atoms with Gasteiger partial charge in [0.2, 0.25) is 0 Å². The highest BCUT2D eigenvalue weighted by Crippen LogP contribution is 2.05. The van der Waals surface area contributed by atoms with Crippen LogP contribution in [0.2, 0.25) is 0 Å². The zero-order chi connectivity index (χ0) is 10.4. The topological polar surface area (TPSA) is 88.1 Å². The number of carboxylic acid groups (broad SMARTS) is 1. The van der Waals surface area contributed by atoms with Crippen molar-refractivity contribution in [2.45, 2.75) is 25.9 Å². The quantitative estimate of drug-likeness (QED) is 0.684. The van der Waals surface area contributed by atoms with Crippen LogP contribution in [0.4, 0.5) is 0 Å². The third kappa shape index (κ3) is 3.53. The lowest BCUT2D eigenvalue weighted by atomic mass is 10.1. The summed E-state index contributed by atoms with van der Waals surface area (Å²) in [7, 11) is 0. The Kier molecular flexibility index (Phi) is 4.06. The minimum Gasteiger partial charge on any atom is -0.480 e. The van der Waals surface area contributed by atoms with E-state index in [2.05, 4.69) is 15.4 Å². The van der Waals surface area contributed by atoms with Crippen molar-refractivity contribution in [1.82, 2.24) is 15.4 Å². The molecule has 1 atom stereocenters. The Labute approximate surface area is 81.3 Å². The molecule has 14 heavy (non-hydrogen) atoms. The Morgan fingerprint density at radius 1 is 1.79 bits per heavy atom. The first kappa shape index (κ1) is 10.6. The molecule has 1 heterocycles. The fourth-order valence-corrected chi connectivity index (χ4v) is 1.07. The number of ether oxygens (including phenoxy) is 1. The van der Waals surface area contributed by atoms with Crippen molar-refractivity contribution < 1.29 is 14.6 Å². The van der Waals surface area contributed by atoms with Crippen LogP contribution in [-0.2, 0) is 16.0 Å². The molecule has 0 saturated carbocycles. The number of aromatic nitrogens is 3. The molecule has 0 amide bonds. The van der Waals surface area contributed by atoms with E-state index in [1.165, 1.54) is 0 Å². The van der Waals surface area contributed by atoms with Crippen LogP contribution in [0.3, 0.4) is 0 Å². The van der Waals surface area contributed by atoms with Crippen LogP contribution in [0.15, 0.2) is 6.20 Å². The van der Waals surface area contributed by atoms with Crippen LogP contribution in [0.25, 0.3) is 0 Å². The largest absolute Gasteiger partial charge is 0.480 e. The predicted molar refractivity (Wildman–Crippen MR) is 47.8 cm³/mol. The van der Waals surface area contributed by atoms with Gasteiger partial charge in [0.05, 0.1) is 11.8 Å². The highest BCUT2D eigenvalue weighted by atomic mass is 16.5. The number of hydrogen-bond acceptors (Lipinski definition) is 4. The second kappa shape index (κ2) is 5.33. The number of H-pyrrole nitrogens is 1. The Balaban J connectivity index is 2.35. The molecule has 0 saturated heterocycles. The molecule has 1 rings (SSSR count). The van der Waals surface area contributed by atoms with Gasteiger partial charge in [-0.1, -0.05) is 12.1 Å². The second-order valence-electron chi connectivity index (χ2n) is 2.90. The summed E-state index contributed by atoms with van der Waals surface area (Å²) < 4.78 is 5.14.